The molecule has 200 valence electrons. The second-order valence-corrected chi connectivity index (χ2v) is 9.03. The number of carbonyl (C=O) groups is 2. The summed E-state index contributed by atoms with van der Waals surface area (Å²) in [6.07, 6.45) is 1.40. The Kier molecular flexibility index (Phi) is 7.80. The molecule has 1 heterocycles. The molecule has 1 amide bonds. The van der Waals surface area contributed by atoms with Crippen LogP contribution in [0.1, 0.15) is 26.4 Å². The molecule has 40 heavy (non-hydrogen) atoms. The summed E-state index contributed by atoms with van der Waals surface area (Å²) in [4.78, 5) is 29.4. The van der Waals surface area contributed by atoms with Gasteiger partial charge in [0.2, 0.25) is 0 Å². The van der Waals surface area contributed by atoms with E-state index in [2.05, 4.69) is 15.5 Å². The molecule has 4 aromatic carbocycles. The van der Waals surface area contributed by atoms with Gasteiger partial charge in [0.1, 0.15) is 28.5 Å². The molecule has 1 aromatic heterocycles. The summed E-state index contributed by atoms with van der Waals surface area (Å²) in [5, 5.41) is 5.35. The van der Waals surface area contributed by atoms with Crippen LogP contribution in [0, 0.1) is 0 Å². The quantitative estimate of drug-likeness (QED) is 0.0989. The van der Waals surface area contributed by atoms with Crippen molar-refractivity contribution in [3.63, 3.8) is 0 Å². The van der Waals surface area contributed by atoms with Crippen LogP contribution in [0.15, 0.2) is 96.1 Å². The van der Waals surface area contributed by atoms with Crippen LogP contribution in [-0.2, 0) is 0 Å². The number of ether oxygens (including phenoxy) is 3. The number of aromatic amines is 1. The van der Waals surface area contributed by atoms with Gasteiger partial charge in [-0.15, -0.1) is 0 Å². The van der Waals surface area contributed by atoms with Gasteiger partial charge in [0.15, 0.2) is 0 Å². The molecule has 0 spiro atoms. The standard InChI is InChI=1S/C31H24ClN3O5/c1-38-25-16-15-21(32)17-23(25)31(37)40-24-13-7-6-11-20(24)18-33-35-30(36)29-27(19-9-4-3-5-10-19)22-12-8-14-26(39-2)28(22)34-29/h3-18,34H,1-2H3,(H,35,36). The summed E-state index contributed by atoms with van der Waals surface area (Å²) < 4.78 is 16.4. The maximum absolute atomic E-state index is 13.3. The van der Waals surface area contributed by atoms with Gasteiger partial charge in [-0.1, -0.05) is 66.2 Å². The largest absolute Gasteiger partial charge is 0.496 e. The fourth-order valence-electron chi connectivity index (χ4n) is 4.33. The number of para-hydroxylation sites is 2. The number of nitrogens with zero attached hydrogens (tertiary/aromatic N) is 1. The number of methoxy groups -OCH3 is 2. The number of rotatable bonds is 8. The molecule has 0 saturated heterocycles. The van der Waals surface area contributed by atoms with E-state index in [1.807, 2.05) is 48.5 Å². The number of nitrogens with one attached hydrogen (secondary N) is 2. The van der Waals surface area contributed by atoms with Crippen LogP contribution in [0.4, 0.5) is 0 Å². The van der Waals surface area contributed by atoms with E-state index in [1.165, 1.54) is 19.4 Å². The second kappa shape index (κ2) is 11.8. The SMILES string of the molecule is COc1ccc(Cl)cc1C(=O)Oc1ccccc1C=NNC(=O)c1[nH]c2c(OC)cccc2c1-c1ccccc1. The van der Waals surface area contributed by atoms with Gasteiger partial charge < -0.3 is 19.2 Å². The number of benzene rings is 4. The molecule has 0 radical (unpaired) electrons. The Bertz CT molecular complexity index is 1730. The van der Waals surface area contributed by atoms with Crippen molar-refractivity contribution in [1.29, 1.82) is 0 Å². The zero-order valence-electron chi connectivity index (χ0n) is 21.6. The Labute approximate surface area is 235 Å². The molecule has 5 rings (SSSR count). The van der Waals surface area contributed by atoms with E-state index in [4.69, 9.17) is 25.8 Å². The molecule has 0 aliphatic heterocycles. The van der Waals surface area contributed by atoms with Crippen LogP contribution in [0.25, 0.3) is 22.0 Å². The number of esters is 1. The Balaban J connectivity index is 1.41. The van der Waals surface area contributed by atoms with E-state index >= 15 is 0 Å². The Morgan fingerprint density at radius 1 is 0.850 bits per heavy atom. The molecule has 0 saturated carbocycles. The smallest absolute Gasteiger partial charge is 0.347 e. The Morgan fingerprint density at radius 3 is 2.35 bits per heavy atom. The molecule has 0 aliphatic rings. The average Bonchev–Trinajstić information content (AvgIpc) is 3.38. The van der Waals surface area contributed by atoms with Crippen LogP contribution in [0.2, 0.25) is 5.02 Å². The van der Waals surface area contributed by atoms with Gasteiger partial charge in [-0.05, 0) is 42.0 Å². The first kappa shape index (κ1) is 26.5. The minimum Gasteiger partial charge on any atom is -0.496 e. The lowest BCUT2D eigenvalue weighted by Crippen LogP contribution is -2.19. The van der Waals surface area contributed by atoms with Crippen LogP contribution in [0.5, 0.6) is 17.2 Å². The summed E-state index contributed by atoms with van der Waals surface area (Å²) in [5.74, 6) is 0.0874. The van der Waals surface area contributed by atoms with Crippen molar-refractivity contribution in [2.24, 2.45) is 5.10 Å². The van der Waals surface area contributed by atoms with Gasteiger partial charge in [0.05, 0.1) is 26.0 Å². The zero-order valence-corrected chi connectivity index (χ0v) is 22.4. The molecular formula is C31H24ClN3O5. The number of hydrogen-bond donors (Lipinski definition) is 2. The lowest BCUT2D eigenvalue weighted by atomic mass is 10.0. The van der Waals surface area contributed by atoms with E-state index in [0.717, 1.165) is 16.5 Å². The fourth-order valence-corrected chi connectivity index (χ4v) is 4.50. The third-order valence-electron chi connectivity index (χ3n) is 6.18. The summed E-state index contributed by atoms with van der Waals surface area (Å²) in [7, 11) is 3.03. The van der Waals surface area contributed by atoms with Gasteiger partial charge >= 0.3 is 5.97 Å². The van der Waals surface area contributed by atoms with Crippen LogP contribution < -0.4 is 19.6 Å². The van der Waals surface area contributed by atoms with Gasteiger partial charge in [0.25, 0.3) is 5.91 Å². The first-order chi connectivity index (χ1) is 19.5. The van der Waals surface area contributed by atoms with E-state index in [-0.39, 0.29) is 11.3 Å². The van der Waals surface area contributed by atoms with Crippen molar-refractivity contribution in [2.45, 2.75) is 0 Å². The first-order valence-corrected chi connectivity index (χ1v) is 12.6. The average molecular weight is 554 g/mol. The molecule has 0 atom stereocenters. The van der Waals surface area contributed by atoms with E-state index < -0.39 is 11.9 Å². The number of carbonyl (C=O) groups excluding carboxylic acids is 2. The van der Waals surface area contributed by atoms with Crippen LogP contribution in [-0.4, -0.2) is 37.3 Å². The fraction of sp³-hybridized carbons (Fsp3) is 0.0645. The normalized spacial score (nSPS) is 11.0. The predicted octanol–water partition coefficient (Wildman–Crippen LogP) is 6.49. The number of fused-ring (bicyclic) bond motifs is 1. The van der Waals surface area contributed by atoms with Crippen molar-refractivity contribution in [2.75, 3.05) is 14.2 Å². The molecule has 0 bridgehead atoms. The minimum atomic E-state index is -0.649. The summed E-state index contributed by atoms with van der Waals surface area (Å²) in [6, 6.07) is 26.7. The maximum Gasteiger partial charge on any atom is 0.347 e. The van der Waals surface area contributed by atoms with E-state index in [1.54, 1.807) is 43.5 Å². The lowest BCUT2D eigenvalue weighted by Gasteiger charge is -2.10. The molecule has 0 fully saturated rings. The zero-order chi connectivity index (χ0) is 28.1. The number of hydrogen-bond acceptors (Lipinski definition) is 6. The van der Waals surface area contributed by atoms with Crippen molar-refractivity contribution in [3.05, 3.63) is 113 Å². The van der Waals surface area contributed by atoms with Crippen molar-refractivity contribution < 1.29 is 23.8 Å². The lowest BCUT2D eigenvalue weighted by molar-refractivity contribution is 0.0730. The van der Waals surface area contributed by atoms with Crippen LogP contribution >= 0.6 is 11.6 Å². The highest BCUT2D eigenvalue weighted by Crippen LogP contribution is 2.36. The summed E-state index contributed by atoms with van der Waals surface area (Å²) >= 11 is 6.06. The monoisotopic (exact) mass is 553 g/mol. The van der Waals surface area contributed by atoms with Crippen molar-refractivity contribution in [3.8, 4) is 28.4 Å². The molecule has 0 unspecified atom stereocenters. The third-order valence-corrected chi connectivity index (χ3v) is 6.41. The molecular weight excluding hydrogens is 530 g/mol. The maximum atomic E-state index is 13.3. The molecule has 5 aromatic rings. The van der Waals surface area contributed by atoms with Gasteiger partial charge in [0, 0.05) is 21.5 Å². The molecule has 2 N–H and O–H groups in total. The van der Waals surface area contributed by atoms with E-state index in [9.17, 15) is 9.59 Å². The number of hydrazone groups is 1. The highest BCUT2D eigenvalue weighted by atomic mass is 35.5. The van der Waals surface area contributed by atoms with Crippen molar-refractivity contribution in [1.82, 2.24) is 10.4 Å². The number of halogens is 1. The van der Waals surface area contributed by atoms with Gasteiger partial charge in [-0.25, -0.2) is 10.2 Å². The topological polar surface area (TPSA) is 102 Å². The minimum absolute atomic E-state index is 0.178. The highest BCUT2D eigenvalue weighted by Gasteiger charge is 2.21. The summed E-state index contributed by atoms with van der Waals surface area (Å²) in [5.41, 5.74) is 5.85. The third kappa shape index (κ3) is 5.39. The number of amides is 1. The van der Waals surface area contributed by atoms with Gasteiger partial charge in [-0.3, -0.25) is 4.79 Å². The van der Waals surface area contributed by atoms with Gasteiger partial charge in [-0.2, -0.15) is 5.10 Å². The number of aromatic nitrogens is 1. The van der Waals surface area contributed by atoms with E-state index in [0.29, 0.717) is 33.3 Å². The Hall–Kier alpha value is -5.08. The predicted molar refractivity (Wildman–Crippen MR) is 155 cm³/mol. The first-order valence-electron chi connectivity index (χ1n) is 12.2. The summed E-state index contributed by atoms with van der Waals surface area (Å²) in [6.45, 7) is 0. The highest BCUT2D eigenvalue weighted by molar-refractivity contribution is 6.31. The second-order valence-electron chi connectivity index (χ2n) is 8.59. The molecule has 0 aliphatic carbocycles. The Morgan fingerprint density at radius 2 is 1.57 bits per heavy atom. The number of H-pyrrole nitrogens is 1. The van der Waals surface area contributed by atoms with Crippen LogP contribution in [0.3, 0.4) is 0 Å². The van der Waals surface area contributed by atoms with Crippen molar-refractivity contribution >= 4 is 40.6 Å². The molecule has 8 nitrogen and oxygen atoms in total. The molecule has 9 heteroatoms.